The molecule has 0 radical (unpaired) electrons. The molecule has 3 aromatic rings. The molecule has 0 aliphatic heterocycles. The van der Waals surface area contributed by atoms with Crippen molar-refractivity contribution in [2.45, 2.75) is 13.8 Å². The first-order valence-corrected chi connectivity index (χ1v) is 8.69. The van der Waals surface area contributed by atoms with Gasteiger partial charge in [0, 0.05) is 18.1 Å². The van der Waals surface area contributed by atoms with Gasteiger partial charge in [0.25, 0.3) is 11.5 Å². The lowest BCUT2D eigenvalue weighted by molar-refractivity contribution is 0.0939. The van der Waals surface area contributed by atoms with Crippen LogP contribution in [0.4, 0.5) is 5.69 Å². The van der Waals surface area contributed by atoms with E-state index in [0.29, 0.717) is 10.8 Å². The van der Waals surface area contributed by atoms with Crippen LogP contribution in [0.5, 0.6) is 0 Å². The first kappa shape index (κ1) is 18.5. The van der Waals surface area contributed by atoms with Gasteiger partial charge in [0.1, 0.15) is 0 Å². The number of aromatic nitrogens is 2. The van der Waals surface area contributed by atoms with Crippen LogP contribution in [0, 0.1) is 13.8 Å². The highest BCUT2D eigenvalue weighted by Crippen LogP contribution is 2.17. The number of nitrogens with zero attached hydrogens (tertiary/aromatic N) is 2. The number of amides is 1. The van der Waals surface area contributed by atoms with Gasteiger partial charge in [-0.2, -0.15) is 5.10 Å². The monoisotopic (exact) mass is 381 g/mol. The molecular weight excluding hydrogens is 362 g/mol. The number of hydrogen-bond acceptors (Lipinski definition) is 4. The molecule has 1 aromatic heterocycles. The lowest BCUT2D eigenvalue weighted by atomic mass is 10.1. The summed E-state index contributed by atoms with van der Waals surface area (Å²) < 4.78 is 1.14. The van der Waals surface area contributed by atoms with Gasteiger partial charge in [0.2, 0.25) is 0 Å². The number of benzene rings is 2. The van der Waals surface area contributed by atoms with E-state index in [2.05, 4.69) is 21.3 Å². The van der Waals surface area contributed by atoms with E-state index in [9.17, 15) is 9.59 Å². The van der Waals surface area contributed by atoms with Gasteiger partial charge >= 0.3 is 0 Å². The molecule has 0 saturated heterocycles. The van der Waals surface area contributed by atoms with Crippen molar-refractivity contribution in [2.75, 3.05) is 5.32 Å². The molecule has 3 N–H and O–H groups in total. The maximum absolute atomic E-state index is 12.6. The molecular formula is C19H19N5O2S. The first-order chi connectivity index (χ1) is 12.9. The fraction of sp³-hybridized carbons (Fsp3) is 0.158. The first-order valence-electron chi connectivity index (χ1n) is 8.28. The summed E-state index contributed by atoms with van der Waals surface area (Å²) in [7, 11) is 1.51. The minimum absolute atomic E-state index is 0.134. The van der Waals surface area contributed by atoms with Crippen molar-refractivity contribution in [3.8, 4) is 0 Å². The van der Waals surface area contributed by atoms with Gasteiger partial charge < -0.3 is 5.32 Å². The van der Waals surface area contributed by atoms with E-state index in [0.717, 1.165) is 21.5 Å². The number of hydrogen-bond donors (Lipinski definition) is 3. The van der Waals surface area contributed by atoms with Crippen molar-refractivity contribution >= 4 is 39.7 Å². The Balaban J connectivity index is 1.76. The van der Waals surface area contributed by atoms with Crippen molar-refractivity contribution in [1.29, 1.82) is 0 Å². The Hall–Kier alpha value is -3.26. The molecule has 0 unspecified atom stereocenters. The van der Waals surface area contributed by atoms with Crippen molar-refractivity contribution in [3.63, 3.8) is 0 Å². The summed E-state index contributed by atoms with van der Waals surface area (Å²) in [5.74, 6) is -0.494. The zero-order chi connectivity index (χ0) is 19.6. The molecule has 3 rings (SSSR count). The van der Waals surface area contributed by atoms with Gasteiger partial charge in [-0.1, -0.05) is 30.3 Å². The quantitative estimate of drug-likeness (QED) is 0.466. The van der Waals surface area contributed by atoms with Crippen molar-refractivity contribution in [1.82, 2.24) is 20.6 Å². The minimum Gasteiger partial charge on any atom is -0.331 e. The van der Waals surface area contributed by atoms with E-state index < -0.39 is 5.91 Å². The second kappa shape index (κ2) is 7.55. The molecule has 0 spiro atoms. The molecule has 0 fully saturated rings. The molecule has 7 nitrogen and oxygen atoms in total. The lowest BCUT2D eigenvalue weighted by Crippen LogP contribution is -2.44. The zero-order valence-electron chi connectivity index (χ0n) is 15.2. The predicted molar refractivity (Wildman–Crippen MR) is 110 cm³/mol. The molecule has 0 atom stereocenters. The van der Waals surface area contributed by atoms with E-state index in [1.54, 1.807) is 24.3 Å². The van der Waals surface area contributed by atoms with Crippen LogP contribution in [0.1, 0.15) is 21.6 Å². The van der Waals surface area contributed by atoms with E-state index in [4.69, 9.17) is 12.2 Å². The van der Waals surface area contributed by atoms with Crippen LogP contribution in [-0.4, -0.2) is 20.8 Å². The Labute approximate surface area is 161 Å². The van der Waals surface area contributed by atoms with E-state index in [1.807, 2.05) is 32.0 Å². The normalized spacial score (nSPS) is 10.5. The third kappa shape index (κ3) is 3.80. The smallest absolute Gasteiger partial charge is 0.290 e. The molecule has 0 saturated carbocycles. The second-order valence-corrected chi connectivity index (χ2v) is 6.51. The van der Waals surface area contributed by atoms with Crippen LogP contribution >= 0.6 is 12.2 Å². The van der Waals surface area contributed by atoms with Crippen LogP contribution in [-0.2, 0) is 7.05 Å². The summed E-state index contributed by atoms with van der Waals surface area (Å²) >= 11 is 5.24. The van der Waals surface area contributed by atoms with Crippen LogP contribution in [0.2, 0.25) is 0 Å². The van der Waals surface area contributed by atoms with Gasteiger partial charge in [-0.15, -0.1) is 0 Å². The van der Waals surface area contributed by atoms with E-state index in [1.165, 1.54) is 7.05 Å². The highest BCUT2D eigenvalue weighted by Gasteiger charge is 2.15. The summed E-state index contributed by atoms with van der Waals surface area (Å²) in [5.41, 5.74) is 8.12. The van der Waals surface area contributed by atoms with Gasteiger partial charge in [0.05, 0.1) is 5.39 Å². The van der Waals surface area contributed by atoms with Crippen LogP contribution in [0.15, 0.2) is 47.3 Å². The fourth-order valence-electron chi connectivity index (χ4n) is 2.68. The zero-order valence-corrected chi connectivity index (χ0v) is 16.0. The maximum atomic E-state index is 12.6. The average Bonchev–Trinajstić information content (AvgIpc) is 2.66. The number of hydrazine groups is 1. The summed E-state index contributed by atoms with van der Waals surface area (Å²) in [6, 6.07) is 12.7. The van der Waals surface area contributed by atoms with E-state index >= 15 is 0 Å². The topological polar surface area (TPSA) is 88.0 Å². The summed E-state index contributed by atoms with van der Waals surface area (Å²) in [6.07, 6.45) is 0. The van der Waals surface area contributed by atoms with Crippen molar-refractivity contribution < 1.29 is 4.79 Å². The molecule has 1 heterocycles. The maximum Gasteiger partial charge on any atom is 0.290 e. The number of aryl methyl sites for hydroxylation is 2. The van der Waals surface area contributed by atoms with Crippen molar-refractivity contribution in [2.24, 2.45) is 7.05 Å². The summed E-state index contributed by atoms with van der Waals surface area (Å²) in [6.45, 7) is 3.99. The number of carbonyl (C=O) groups excluding carboxylic acids is 1. The molecule has 1 amide bonds. The Morgan fingerprint density at radius 1 is 1.04 bits per heavy atom. The molecule has 138 valence electrons. The molecule has 2 aromatic carbocycles. The van der Waals surface area contributed by atoms with Gasteiger partial charge in [-0.3, -0.25) is 20.4 Å². The van der Waals surface area contributed by atoms with Gasteiger partial charge in [0.15, 0.2) is 10.8 Å². The van der Waals surface area contributed by atoms with Crippen LogP contribution < -0.4 is 21.7 Å². The van der Waals surface area contributed by atoms with Crippen LogP contribution in [0.25, 0.3) is 10.8 Å². The predicted octanol–water partition coefficient (Wildman–Crippen LogP) is 2.18. The van der Waals surface area contributed by atoms with Crippen molar-refractivity contribution in [3.05, 3.63) is 69.6 Å². The number of thiocarbonyl (C=S) groups is 1. The third-order valence-electron chi connectivity index (χ3n) is 4.31. The standard InChI is InChI=1S/C19H19N5O2S/c1-11-7-6-10-15(12(11)2)20-19(27)22-21-17(25)16-13-8-4-5-9-14(13)18(26)24(3)23-16/h4-10H,1-3H3,(H,21,25)(H2,20,22,27). The molecule has 0 aliphatic rings. The fourth-order valence-corrected chi connectivity index (χ4v) is 2.84. The molecule has 8 heteroatoms. The Kier molecular flexibility index (Phi) is 5.18. The third-order valence-corrected chi connectivity index (χ3v) is 4.52. The number of nitrogens with one attached hydrogen (secondary N) is 3. The summed E-state index contributed by atoms with van der Waals surface area (Å²) in [4.78, 5) is 24.7. The Morgan fingerprint density at radius 2 is 1.74 bits per heavy atom. The largest absolute Gasteiger partial charge is 0.331 e. The molecule has 0 bridgehead atoms. The number of carbonyl (C=O) groups is 1. The summed E-state index contributed by atoms with van der Waals surface area (Å²) in [5, 5.41) is 8.27. The number of fused-ring (bicyclic) bond motifs is 1. The minimum atomic E-state index is -0.494. The second-order valence-electron chi connectivity index (χ2n) is 6.10. The van der Waals surface area contributed by atoms with E-state index in [-0.39, 0.29) is 16.4 Å². The lowest BCUT2D eigenvalue weighted by Gasteiger charge is -2.14. The Morgan fingerprint density at radius 3 is 2.48 bits per heavy atom. The SMILES string of the molecule is Cc1cccc(NC(=S)NNC(=O)c2nn(C)c(=O)c3ccccc23)c1C. The highest BCUT2D eigenvalue weighted by atomic mass is 32.1. The van der Waals surface area contributed by atoms with Crippen LogP contribution in [0.3, 0.4) is 0 Å². The molecule has 27 heavy (non-hydrogen) atoms. The van der Waals surface area contributed by atoms with Gasteiger partial charge in [-0.25, -0.2) is 4.68 Å². The molecule has 0 aliphatic carbocycles. The highest BCUT2D eigenvalue weighted by molar-refractivity contribution is 7.80. The number of rotatable bonds is 2. The average molecular weight is 381 g/mol. The van der Waals surface area contributed by atoms with Gasteiger partial charge in [-0.05, 0) is 49.3 Å². The Bertz CT molecular complexity index is 1110. The number of anilines is 1.